The van der Waals surface area contributed by atoms with Crippen molar-refractivity contribution in [1.82, 2.24) is 5.32 Å². The van der Waals surface area contributed by atoms with Crippen LogP contribution < -0.4 is 5.32 Å². The molecular weight excluding hydrogens is 378 g/mol. The Morgan fingerprint density at radius 1 is 1.11 bits per heavy atom. The zero-order valence-corrected chi connectivity index (χ0v) is 17.5. The number of hydrogen-bond donors (Lipinski definition) is 1. The van der Waals surface area contributed by atoms with Crippen molar-refractivity contribution in [2.45, 2.75) is 30.9 Å². The SMILES string of the molecule is CSCC[C@@H](NC(=O)c1cccc(C)c1)C(=O)OCc1ccc(SC)cc1. The van der Waals surface area contributed by atoms with Crippen molar-refractivity contribution in [1.29, 1.82) is 0 Å². The molecule has 1 amide bonds. The molecule has 0 saturated heterocycles. The third-order valence-corrected chi connectivity index (χ3v) is 5.41. The maximum Gasteiger partial charge on any atom is 0.329 e. The number of carbonyl (C=O) groups is 2. The highest BCUT2D eigenvalue weighted by Crippen LogP contribution is 2.15. The van der Waals surface area contributed by atoms with Gasteiger partial charge in [-0.1, -0.05) is 29.8 Å². The predicted molar refractivity (Wildman–Crippen MR) is 113 cm³/mol. The minimum absolute atomic E-state index is 0.198. The van der Waals surface area contributed by atoms with E-state index >= 15 is 0 Å². The quantitative estimate of drug-likeness (QED) is 0.499. The molecule has 0 aliphatic heterocycles. The number of thioether (sulfide) groups is 2. The molecule has 6 heteroatoms. The van der Waals surface area contributed by atoms with E-state index in [1.54, 1.807) is 35.7 Å². The molecule has 0 radical (unpaired) electrons. The summed E-state index contributed by atoms with van der Waals surface area (Å²) >= 11 is 3.29. The first kappa shape index (κ1) is 21.4. The van der Waals surface area contributed by atoms with Gasteiger partial charge in [0.25, 0.3) is 5.91 Å². The van der Waals surface area contributed by atoms with Crippen LogP contribution in [0.25, 0.3) is 0 Å². The fourth-order valence-corrected chi connectivity index (χ4v) is 3.37. The van der Waals surface area contributed by atoms with Crippen LogP contribution in [0.1, 0.15) is 27.9 Å². The molecule has 0 saturated carbocycles. The molecule has 2 aromatic rings. The Bertz CT molecular complexity index is 762. The molecule has 4 nitrogen and oxygen atoms in total. The highest BCUT2D eigenvalue weighted by molar-refractivity contribution is 7.98. The third-order valence-electron chi connectivity index (χ3n) is 4.02. The lowest BCUT2D eigenvalue weighted by Crippen LogP contribution is -2.42. The second kappa shape index (κ2) is 11.0. The van der Waals surface area contributed by atoms with Crippen LogP contribution in [0.3, 0.4) is 0 Å². The Morgan fingerprint density at radius 3 is 2.48 bits per heavy atom. The minimum atomic E-state index is -0.657. The van der Waals surface area contributed by atoms with E-state index in [1.807, 2.05) is 55.8 Å². The number of esters is 1. The zero-order chi connectivity index (χ0) is 19.6. The van der Waals surface area contributed by atoms with Crippen molar-refractivity contribution in [2.24, 2.45) is 0 Å². The van der Waals surface area contributed by atoms with Gasteiger partial charge in [0.2, 0.25) is 0 Å². The summed E-state index contributed by atoms with van der Waals surface area (Å²) < 4.78 is 5.45. The van der Waals surface area contributed by atoms with Gasteiger partial charge in [0.1, 0.15) is 12.6 Å². The lowest BCUT2D eigenvalue weighted by molar-refractivity contribution is -0.147. The van der Waals surface area contributed by atoms with Crippen molar-refractivity contribution >= 4 is 35.4 Å². The number of aryl methyl sites for hydroxylation is 1. The maximum atomic E-state index is 12.5. The van der Waals surface area contributed by atoms with Gasteiger partial charge in [0.15, 0.2) is 0 Å². The van der Waals surface area contributed by atoms with Crippen molar-refractivity contribution in [3.63, 3.8) is 0 Å². The molecule has 0 spiro atoms. The van der Waals surface area contributed by atoms with Gasteiger partial charge in [-0.3, -0.25) is 4.79 Å². The molecule has 2 aromatic carbocycles. The fourth-order valence-electron chi connectivity index (χ4n) is 2.49. The molecule has 0 aliphatic rings. The van der Waals surface area contributed by atoms with E-state index in [2.05, 4.69) is 5.32 Å². The number of benzene rings is 2. The van der Waals surface area contributed by atoms with Gasteiger partial charge < -0.3 is 10.1 Å². The first-order valence-electron chi connectivity index (χ1n) is 8.69. The molecule has 2 rings (SSSR count). The van der Waals surface area contributed by atoms with E-state index in [9.17, 15) is 9.59 Å². The van der Waals surface area contributed by atoms with Crippen molar-refractivity contribution < 1.29 is 14.3 Å². The normalized spacial score (nSPS) is 11.7. The number of ether oxygens (including phenoxy) is 1. The molecular formula is C21H25NO3S2. The van der Waals surface area contributed by atoms with Gasteiger partial charge in [0, 0.05) is 10.5 Å². The molecule has 0 aliphatic carbocycles. The molecule has 1 N–H and O–H groups in total. The lowest BCUT2D eigenvalue weighted by Gasteiger charge is -2.17. The van der Waals surface area contributed by atoms with Crippen LogP contribution >= 0.6 is 23.5 Å². The summed E-state index contributed by atoms with van der Waals surface area (Å²) in [5.41, 5.74) is 2.47. The van der Waals surface area contributed by atoms with Gasteiger partial charge in [-0.2, -0.15) is 11.8 Å². The largest absolute Gasteiger partial charge is 0.459 e. The maximum absolute atomic E-state index is 12.5. The Labute approximate surface area is 169 Å². The highest BCUT2D eigenvalue weighted by atomic mass is 32.2. The monoisotopic (exact) mass is 403 g/mol. The molecule has 144 valence electrons. The first-order valence-corrected chi connectivity index (χ1v) is 11.3. The molecule has 27 heavy (non-hydrogen) atoms. The number of amides is 1. The molecule has 0 fully saturated rings. The minimum Gasteiger partial charge on any atom is -0.459 e. The van der Waals surface area contributed by atoms with Crippen LogP contribution in [-0.2, 0) is 16.1 Å². The summed E-state index contributed by atoms with van der Waals surface area (Å²) in [7, 11) is 0. The molecule has 0 bridgehead atoms. The smallest absolute Gasteiger partial charge is 0.329 e. The van der Waals surface area contributed by atoms with Gasteiger partial charge >= 0.3 is 5.97 Å². The first-order chi connectivity index (χ1) is 13.0. The Balaban J connectivity index is 1.98. The Kier molecular flexibility index (Phi) is 8.75. The predicted octanol–water partition coefficient (Wildman–Crippen LogP) is 4.31. The van der Waals surface area contributed by atoms with Gasteiger partial charge in [-0.05, 0) is 61.4 Å². The van der Waals surface area contributed by atoms with E-state index in [0.29, 0.717) is 12.0 Å². The molecule has 0 unspecified atom stereocenters. The van der Waals surface area contributed by atoms with Crippen LogP contribution in [0.5, 0.6) is 0 Å². The van der Waals surface area contributed by atoms with Crippen molar-refractivity contribution in [2.75, 3.05) is 18.3 Å². The summed E-state index contributed by atoms with van der Waals surface area (Å²) in [6, 6.07) is 14.5. The van der Waals surface area contributed by atoms with Crippen LogP contribution in [0, 0.1) is 6.92 Å². The second-order valence-corrected chi connectivity index (χ2v) is 8.00. The summed E-state index contributed by atoms with van der Waals surface area (Å²) in [6.07, 6.45) is 4.52. The van der Waals surface area contributed by atoms with E-state index in [4.69, 9.17) is 4.74 Å². The fraction of sp³-hybridized carbons (Fsp3) is 0.333. The molecule has 0 aromatic heterocycles. The van der Waals surface area contributed by atoms with Crippen molar-refractivity contribution in [3.05, 3.63) is 65.2 Å². The van der Waals surface area contributed by atoms with E-state index in [-0.39, 0.29) is 12.5 Å². The molecule has 0 heterocycles. The standard InChI is InChI=1S/C21H25NO3S2/c1-15-5-4-6-17(13-15)20(23)22-19(11-12-26-2)21(24)25-14-16-7-9-18(27-3)10-8-16/h4-10,13,19H,11-12,14H2,1-3H3,(H,22,23)/t19-/m1/s1. The topological polar surface area (TPSA) is 55.4 Å². The van der Waals surface area contributed by atoms with Crippen molar-refractivity contribution in [3.8, 4) is 0 Å². The van der Waals surface area contributed by atoms with Crippen LogP contribution in [0.15, 0.2) is 53.4 Å². The summed E-state index contributed by atoms with van der Waals surface area (Å²) in [6.45, 7) is 2.13. The number of nitrogens with one attached hydrogen (secondary N) is 1. The third kappa shape index (κ3) is 6.96. The van der Waals surface area contributed by atoms with Crippen LogP contribution in [0.2, 0.25) is 0 Å². The summed E-state index contributed by atoms with van der Waals surface area (Å²) in [4.78, 5) is 26.2. The number of rotatable bonds is 9. The molecule has 1 atom stereocenters. The Hall–Kier alpha value is -1.92. The summed E-state index contributed by atoms with van der Waals surface area (Å²) in [5.74, 6) is 0.0982. The Morgan fingerprint density at radius 2 is 1.85 bits per heavy atom. The van der Waals surface area contributed by atoms with E-state index < -0.39 is 12.0 Å². The zero-order valence-electron chi connectivity index (χ0n) is 15.9. The van der Waals surface area contributed by atoms with Gasteiger partial charge in [0.05, 0.1) is 0 Å². The average molecular weight is 404 g/mol. The van der Waals surface area contributed by atoms with Crippen LogP contribution in [0.4, 0.5) is 0 Å². The second-order valence-electron chi connectivity index (χ2n) is 6.13. The van der Waals surface area contributed by atoms with Crippen LogP contribution in [-0.4, -0.2) is 36.2 Å². The number of carbonyl (C=O) groups excluding carboxylic acids is 2. The average Bonchev–Trinajstić information content (AvgIpc) is 2.69. The van der Waals surface area contributed by atoms with Gasteiger partial charge in [-0.25, -0.2) is 4.79 Å². The van der Waals surface area contributed by atoms with E-state index in [0.717, 1.165) is 21.8 Å². The highest BCUT2D eigenvalue weighted by Gasteiger charge is 2.22. The lowest BCUT2D eigenvalue weighted by atomic mass is 10.1. The summed E-state index contributed by atoms with van der Waals surface area (Å²) in [5, 5.41) is 2.82. The number of hydrogen-bond acceptors (Lipinski definition) is 5. The van der Waals surface area contributed by atoms with E-state index in [1.165, 1.54) is 0 Å². The van der Waals surface area contributed by atoms with Gasteiger partial charge in [-0.15, -0.1) is 11.8 Å².